The van der Waals surface area contributed by atoms with Crippen molar-refractivity contribution in [3.05, 3.63) is 58.2 Å². The second-order valence-electron chi connectivity index (χ2n) is 12.2. The number of hydrogen-bond acceptors (Lipinski definition) is 4. The standard InChI is InChI=1S/C26H28BF10N3O2/c1-11(2)12(10-39-25(3,4)8-7-9-26(39,5)6)40-38-41-27(42-40,13-15(28)19(32)23(36)20(33)16(13)29)14-17(30)21(34)24(37)22(35)18(14)31/h11-12H,7-10H2,1-6H3/t12-/m1/s1. The van der Waals surface area contributed by atoms with E-state index in [4.69, 9.17) is 9.51 Å². The van der Waals surface area contributed by atoms with Gasteiger partial charge in [0.15, 0.2) is 40.2 Å². The zero-order valence-corrected chi connectivity index (χ0v) is 23.5. The van der Waals surface area contributed by atoms with E-state index >= 15 is 17.6 Å². The molecule has 0 amide bonds. The summed E-state index contributed by atoms with van der Waals surface area (Å²) < 4.78 is 156. The SMILES string of the molecule is CC(C)[C@@H](CN1C(C)(C)CCCC1(C)C)[N+]1=NO[B-](c2c(F)c(F)c(F)c(F)c2F)(c2c(F)c(F)c(F)c(F)c2F)O1. The lowest BCUT2D eigenvalue weighted by atomic mass is 9.46. The molecule has 2 heterocycles. The van der Waals surface area contributed by atoms with Crippen LogP contribution in [0.5, 0.6) is 0 Å². The quantitative estimate of drug-likeness (QED) is 0.131. The first-order chi connectivity index (χ1) is 19.3. The van der Waals surface area contributed by atoms with Crippen molar-refractivity contribution in [2.45, 2.75) is 77.9 Å². The number of piperidine rings is 1. The van der Waals surface area contributed by atoms with Crippen molar-refractivity contribution in [2.75, 3.05) is 6.54 Å². The predicted octanol–water partition coefficient (Wildman–Crippen LogP) is 6.04. The second kappa shape index (κ2) is 10.6. The molecule has 0 aromatic heterocycles. The van der Waals surface area contributed by atoms with E-state index in [0.29, 0.717) is 4.86 Å². The largest absolute Gasteiger partial charge is 0.512 e. The fourth-order valence-corrected chi connectivity index (χ4v) is 5.97. The molecule has 1 fully saturated rings. The van der Waals surface area contributed by atoms with Crippen molar-refractivity contribution in [1.82, 2.24) is 4.90 Å². The van der Waals surface area contributed by atoms with E-state index in [9.17, 15) is 26.3 Å². The molecule has 0 spiro atoms. The van der Waals surface area contributed by atoms with Crippen LogP contribution in [0, 0.1) is 64.1 Å². The molecule has 1 atom stereocenters. The molecule has 0 saturated carbocycles. The molecule has 0 aliphatic carbocycles. The minimum Gasteiger partial charge on any atom is -0.512 e. The van der Waals surface area contributed by atoms with Crippen molar-refractivity contribution < 1.29 is 58.3 Å². The van der Waals surface area contributed by atoms with Gasteiger partial charge in [-0.1, -0.05) is 13.8 Å². The van der Waals surface area contributed by atoms with Crippen LogP contribution in [-0.4, -0.2) is 40.0 Å². The Morgan fingerprint density at radius 3 is 1.40 bits per heavy atom. The number of hydrogen-bond donors (Lipinski definition) is 0. The maximum absolute atomic E-state index is 15.2. The van der Waals surface area contributed by atoms with E-state index in [1.54, 1.807) is 13.8 Å². The normalized spacial score (nSPS) is 20.4. The Morgan fingerprint density at radius 2 is 1.05 bits per heavy atom. The number of hydroxylamine groups is 1. The van der Waals surface area contributed by atoms with E-state index in [-0.39, 0.29) is 6.54 Å². The summed E-state index contributed by atoms with van der Waals surface area (Å²) in [5, 5.41) is 3.52. The van der Waals surface area contributed by atoms with Crippen LogP contribution in [0.2, 0.25) is 0 Å². The third-order valence-corrected chi connectivity index (χ3v) is 8.24. The maximum Gasteiger partial charge on any atom is 0.506 e. The van der Waals surface area contributed by atoms with E-state index in [1.807, 2.05) is 27.7 Å². The van der Waals surface area contributed by atoms with Gasteiger partial charge in [0.1, 0.15) is 23.3 Å². The number of halogens is 10. The number of likely N-dealkylation sites (tertiary alicyclic amines) is 1. The van der Waals surface area contributed by atoms with Gasteiger partial charge in [-0.05, 0) is 57.9 Å². The lowest BCUT2D eigenvalue weighted by molar-refractivity contribution is -0.826. The van der Waals surface area contributed by atoms with Crippen molar-refractivity contribution in [2.24, 2.45) is 11.2 Å². The van der Waals surface area contributed by atoms with Gasteiger partial charge in [-0.25, -0.2) is 43.9 Å². The summed E-state index contributed by atoms with van der Waals surface area (Å²) in [6, 6.07) is -0.979. The summed E-state index contributed by atoms with van der Waals surface area (Å²) in [5.41, 5.74) is -5.05. The van der Waals surface area contributed by atoms with Crippen molar-refractivity contribution in [3.8, 4) is 0 Å². The highest BCUT2D eigenvalue weighted by Gasteiger charge is 2.58. The lowest BCUT2D eigenvalue weighted by Crippen LogP contribution is -2.67. The molecule has 16 heteroatoms. The Kier molecular flexibility index (Phi) is 8.05. The van der Waals surface area contributed by atoms with Crippen LogP contribution in [-0.2, 0) is 9.51 Å². The average molecular weight is 615 g/mol. The van der Waals surface area contributed by atoms with Crippen molar-refractivity contribution in [1.29, 1.82) is 0 Å². The van der Waals surface area contributed by atoms with Gasteiger partial charge < -0.3 is 9.51 Å². The molecule has 0 radical (unpaired) electrons. The fraction of sp³-hybridized carbons (Fsp3) is 0.538. The summed E-state index contributed by atoms with van der Waals surface area (Å²) in [4.78, 5) is 2.58. The monoisotopic (exact) mass is 615 g/mol. The topological polar surface area (TPSA) is 37.1 Å². The van der Waals surface area contributed by atoms with Crippen LogP contribution in [0.3, 0.4) is 0 Å². The molecular formula is C26H28BF10N3O2. The minimum absolute atomic E-state index is 0.0743. The Hall–Kier alpha value is -3.04. The number of nitrogens with zero attached hydrogens (tertiary/aromatic N) is 3. The third kappa shape index (κ3) is 4.78. The van der Waals surface area contributed by atoms with Crippen LogP contribution in [0.25, 0.3) is 0 Å². The molecule has 4 rings (SSSR count). The van der Waals surface area contributed by atoms with Gasteiger partial charge in [0.05, 0.1) is 11.4 Å². The van der Waals surface area contributed by atoms with Crippen LogP contribution >= 0.6 is 0 Å². The summed E-state index contributed by atoms with van der Waals surface area (Å²) >= 11 is 0. The molecule has 2 aromatic rings. The molecule has 5 nitrogen and oxygen atoms in total. The van der Waals surface area contributed by atoms with Gasteiger partial charge in [-0.3, -0.25) is 4.90 Å². The summed E-state index contributed by atoms with van der Waals surface area (Å²) in [6.45, 7) is 6.29. The van der Waals surface area contributed by atoms with Crippen molar-refractivity contribution in [3.63, 3.8) is 0 Å². The summed E-state index contributed by atoms with van der Waals surface area (Å²) in [7, 11) is 0. The molecule has 2 aliphatic heterocycles. The first-order valence-corrected chi connectivity index (χ1v) is 13.1. The first kappa shape index (κ1) is 31.9. The lowest BCUT2D eigenvalue weighted by Gasteiger charge is -2.53. The highest BCUT2D eigenvalue weighted by atomic mass is 19.2. The molecule has 232 valence electrons. The zero-order chi connectivity index (χ0) is 31.7. The number of rotatable bonds is 6. The van der Waals surface area contributed by atoms with E-state index in [0.717, 1.165) is 19.3 Å². The molecule has 1 saturated heterocycles. The Bertz CT molecular complexity index is 1320. The van der Waals surface area contributed by atoms with Gasteiger partial charge in [-0.2, -0.15) is 0 Å². The molecule has 2 aromatic carbocycles. The minimum atomic E-state index is -4.92. The predicted molar refractivity (Wildman–Crippen MR) is 130 cm³/mol. The van der Waals surface area contributed by atoms with Crippen LogP contribution in [0.4, 0.5) is 43.9 Å². The van der Waals surface area contributed by atoms with Gasteiger partial charge in [0, 0.05) is 17.0 Å². The molecule has 0 unspecified atom stereocenters. The molecule has 42 heavy (non-hydrogen) atoms. The van der Waals surface area contributed by atoms with Crippen LogP contribution in [0.1, 0.15) is 60.8 Å². The molecule has 2 aliphatic rings. The smallest absolute Gasteiger partial charge is 0.506 e. The number of benzene rings is 2. The van der Waals surface area contributed by atoms with Crippen LogP contribution < -0.4 is 10.9 Å². The Morgan fingerprint density at radius 1 is 0.690 bits per heavy atom. The zero-order valence-electron chi connectivity index (χ0n) is 23.5. The van der Waals surface area contributed by atoms with Gasteiger partial charge in [0.25, 0.3) is 0 Å². The highest BCUT2D eigenvalue weighted by molar-refractivity contribution is 6.92. The summed E-state index contributed by atoms with van der Waals surface area (Å²) in [5.74, 6) is -26.7. The van der Waals surface area contributed by atoms with E-state index in [2.05, 4.69) is 10.2 Å². The highest BCUT2D eigenvalue weighted by Crippen LogP contribution is 2.39. The van der Waals surface area contributed by atoms with E-state index in [1.165, 1.54) is 0 Å². The van der Waals surface area contributed by atoms with Gasteiger partial charge in [-0.15, -0.1) is 0 Å². The van der Waals surface area contributed by atoms with Gasteiger partial charge in [0.2, 0.25) is 6.04 Å². The molecular weight excluding hydrogens is 587 g/mol. The van der Waals surface area contributed by atoms with Gasteiger partial charge >= 0.3 is 6.55 Å². The Balaban J connectivity index is 1.95. The fourth-order valence-electron chi connectivity index (χ4n) is 5.97. The van der Waals surface area contributed by atoms with E-state index < -0.39 is 98.7 Å². The third-order valence-electron chi connectivity index (χ3n) is 8.24. The summed E-state index contributed by atoms with van der Waals surface area (Å²) in [6.07, 6.45) is 2.42. The molecule has 0 bridgehead atoms. The Labute approximate surface area is 235 Å². The maximum atomic E-state index is 15.2. The molecule has 0 N–H and O–H groups in total. The average Bonchev–Trinajstić information content (AvgIpc) is 3.32. The second-order valence-corrected chi connectivity index (χ2v) is 12.2. The first-order valence-electron chi connectivity index (χ1n) is 13.1. The van der Waals surface area contributed by atoms with Crippen LogP contribution in [0.15, 0.2) is 5.28 Å². The van der Waals surface area contributed by atoms with Crippen molar-refractivity contribution >= 4 is 17.5 Å².